The van der Waals surface area contributed by atoms with Crippen molar-refractivity contribution in [2.24, 2.45) is 0 Å². The van der Waals surface area contributed by atoms with Gasteiger partial charge in [0.2, 0.25) is 0 Å². The summed E-state index contributed by atoms with van der Waals surface area (Å²) in [7, 11) is 2.01. The topological polar surface area (TPSA) is 42.1 Å². The Morgan fingerprint density at radius 1 is 1.42 bits per heavy atom. The normalized spacial score (nSPS) is 10.3. The Kier molecular flexibility index (Phi) is 2.53. The molecule has 0 amide bonds. The van der Waals surface area contributed by atoms with E-state index in [-0.39, 0.29) is 0 Å². The standard InChI is InChI=1S/C9H15N3/c1-7(2)12(3)9-6-4-5-8(10)11-9/h4-7H,1-3H3,(H2,10,11). The summed E-state index contributed by atoms with van der Waals surface area (Å²) >= 11 is 0. The van der Waals surface area contributed by atoms with E-state index in [1.165, 1.54) is 0 Å². The van der Waals surface area contributed by atoms with Crippen molar-refractivity contribution in [1.82, 2.24) is 4.98 Å². The SMILES string of the molecule is CC(C)N(C)c1cccc(N)n1. The Labute approximate surface area is 73.2 Å². The lowest BCUT2D eigenvalue weighted by Crippen LogP contribution is -2.26. The molecule has 0 fully saturated rings. The number of nitrogen functional groups attached to an aromatic ring is 1. The van der Waals surface area contributed by atoms with Gasteiger partial charge in [0, 0.05) is 13.1 Å². The van der Waals surface area contributed by atoms with Gasteiger partial charge in [0.05, 0.1) is 0 Å². The van der Waals surface area contributed by atoms with E-state index in [1.807, 2.05) is 19.2 Å². The number of nitrogens with zero attached hydrogens (tertiary/aromatic N) is 2. The molecule has 0 saturated carbocycles. The van der Waals surface area contributed by atoms with E-state index in [4.69, 9.17) is 5.73 Å². The van der Waals surface area contributed by atoms with Crippen LogP contribution in [0.5, 0.6) is 0 Å². The largest absolute Gasteiger partial charge is 0.384 e. The van der Waals surface area contributed by atoms with Crippen molar-refractivity contribution in [1.29, 1.82) is 0 Å². The molecule has 3 nitrogen and oxygen atoms in total. The zero-order valence-corrected chi connectivity index (χ0v) is 7.78. The van der Waals surface area contributed by atoms with Gasteiger partial charge in [-0.15, -0.1) is 0 Å². The summed E-state index contributed by atoms with van der Waals surface area (Å²) in [6.07, 6.45) is 0. The molecule has 0 atom stereocenters. The first kappa shape index (κ1) is 8.84. The van der Waals surface area contributed by atoms with Crippen molar-refractivity contribution in [2.45, 2.75) is 19.9 Å². The molecular weight excluding hydrogens is 150 g/mol. The molecule has 12 heavy (non-hydrogen) atoms. The zero-order valence-electron chi connectivity index (χ0n) is 7.78. The summed E-state index contributed by atoms with van der Waals surface area (Å²) in [6.45, 7) is 4.23. The van der Waals surface area contributed by atoms with Crippen LogP contribution in [0.3, 0.4) is 0 Å². The highest BCUT2D eigenvalue weighted by atomic mass is 15.2. The Morgan fingerprint density at radius 2 is 2.08 bits per heavy atom. The minimum absolute atomic E-state index is 0.444. The number of nitrogens with two attached hydrogens (primary N) is 1. The van der Waals surface area contributed by atoms with E-state index in [0.717, 1.165) is 5.82 Å². The smallest absolute Gasteiger partial charge is 0.130 e. The molecule has 1 heterocycles. The lowest BCUT2D eigenvalue weighted by atomic mass is 10.3. The van der Waals surface area contributed by atoms with Gasteiger partial charge in [-0.2, -0.15) is 0 Å². The molecule has 0 aromatic carbocycles. The van der Waals surface area contributed by atoms with Crippen molar-refractivity contribution in [2.75, 3.05) is 17.7 Å². The average Bonchev–Trinajstić information content (AvgIpc) is 2.03. The first-order chi connectivity index (χ1) is 5.61. The second-order valence-electron chi connectivity index (χ2n) is 3.13. The molecule has 3 heteroatoms. The van der Waals surface area contributed by atoms with Crippen LogP contribution in [0.1, 0.15) is 13.8 Å². The highest BCUT2D eigenvalue weighted by Crippen LogP contribution is 2.12. The van der Waals surface area contributed by atoms with Gasteiger partial charge in [-0.1, -0.05) is 6.07 Å². The second-order valence-corrected chi connectivity index (χ2v) is 3.13. The predicted molar refractivity (Wildman–Crippen MR) is 52.2 cm³/mol. The number of hydrogen-bond acceptors (Lipinski definition) is 3. The lowest BCUT2D eigenvalue weighted by molar-refractivity contribution is 0.744. The minimum Gasteiger partial charge on any atom is -0.384 e. The molecule has 0 radical (unpaired) electrons. The number of pyridine rings is 1. The maximum atomic E-state index is 5.56. The van der Waals surface area contributed by atoms with Gasteiger partial charge in [0.1, 0.15) is 11.6 Å². The van der Waals surface area contributed by atoms with Gasteiger partial charge in [-0.25, -0.2) is 4.98 Å². The summed E-state index contributed by atoms with van der Waals surface area (Å²) in [4.78, 5) is 6.28. The Morgan fingerprint density at radius 3 is 2.58 bits per heavy atom. The fourth-order valence-corrected chi connectivity index (χ4v) is 0.901. The van der Waals surface area contributed by atoms with Gasteiger partial charge in [0.15, 0.2) is 0 Å². The minimum atomic E-state index is 0.444. The Balaban J connectivity index is 2.88. The molecule has 1 aromatic rings. The third-order valence-corrected chi connectivity index (χ3v) is 1.89. The Hall–Kier alpha value is -1.25. The quantitative estimate of drug-likeness (QED) is 0.722. The molecule has 1 rings (SSSR count). The van der Waals surface area contributed by atoms with E-state index >= 15 is 0 Å². The van der Waals surface area contributed by atoms with Crippen molar-refractivity contribution >= 4 is 11.6 Å². The molecule has 2 N–H and O–H groups in total. The monoisotopic (exact) mass is 165 g/mol. The molecule has 0 aliphatic rings. The van der Waals surface area contributed by atoms with E-state index in [0.29, 0.717) is 11.9 Å². The fourth-order valence-electron chi connectivity index (χ4n) is 0.901. The molecule has 0 aliphatic carbocycles. The summed E-state index contributed by atoms with van der Waals surface area (Å²) in [5, 5.41) is 0. The van der Waals surface area contributed by atoms with Gasteiger partial charge in [0.25, 0.3) is 0 Å². The maximum absolute atomic E-state index is 5.56. The maximum Gasteiger partial charge on any atom is 0.130 e. The number of hydrogen-bond donors (Lipinski definition) is 1. The van der Waals surface area contributed by atoms with Crippen molar-refractivity contribution < 1.29 is 0 Å². The van der Waals surface area contributed by atoms with Crippen LogP contribution in [0.25, 0.3) is 0 Å². The van der Waals surface area contributed by atoms with E-state index < -0.39 is 0 Å². The molecular formula is C9H15N3. The van der Waals surface area contributed by atoms with E-state index in [9.17, 15) is 0 Å². The van der Waals surface area contributed by atoms with Crippen molar-refractivity contribution in [3.63, 3.8) is 0 Å². The summed E-state index contributed by atoms with van der Waals surface area (Å²) in [5.41, 5.74) is 5.56. The highest BCUT2D eigenvalue weighted by Gasteiger charge is 2.05. The first-order valence-corrected chi connectivity index (χ1v) is 4.06. The third kappa shape index (κ3) is 1.87. The van der Waals surface area contributed by atoms with Gasteiger partial charge >= 0.3 is 0 Å². The molecule has 0 bridgehead atoms. The third-order valence-electron chi connectivity index (χ3n) is 1.89. The average molecular weight is 165 g/mol. The number of anilines is 2. The predicted octanol–water partition coefficient (Wildman–Crippen LogP) is 1.51. The molecule has 0 spiro atoms. The van der Waals surface area contributed by atoms with Gasteiger partial charge in [-0.3, -0.25) is 0 Å². The molecule has 0 saturated heterocycles. The summed E-state index contributed by atoms with van der Waals surface area (Å²) < 4.78 is 0. The van der Waals surface area contributed by atoms with Crippen molar-refractivity contribution in [3.05, 3.63) is 18.2 Å². The molecule has 66 valence electrons. The van der Waals surface area contributed by atoms with Crippen LogP contribution >= 0.6 is 0 Å². The van der Waals surface area contributed by atoms with E-state index in [1.54, 1.807) is 6.07 Å². The lowest BCUT2D eigenvalue weighted by Gasteiger charge is -2.22. The molecule has 1 aromatic heterocycles. The van der Waals surface area contributed by atoms with Crippen LogP contribution < -0.4 is 10.6 Å². The fraction of sp³-hybridized carbons (Fsp3) is 0.444. The molecule has 0 aliphatic heterocycles. The number of rotatable bonds is 2. The number of aromatic nitrogens is 1. The molecule has 0 unspecified atom stereocenters. The van der Waals surface area contributed by atoms with E-state index in [2.05, 4.69) is 23.7 Å². The van der Waals surface area contributed by atoms with Crippen LogP contribution in [0.15, 0.2) is 18.2 Å². The van der Waals surface area contributed by atoms with Gasteiger partial charge in [-0.05, 0) is 26.0 Å². The van der Waals surface area contributed by atoms with Crippen molar-refractivity contribution in [3.8, 4) is 0 Å². The van der Waals surface area contributed by atoms with Crippen LogP contribution in [-0.4, -0.2) is 18.1 Å². The van der Waals surface area contributed by atoms with Crippen LogP contribution in [-0.2, 0) is 0 Å². The van der Waals surface area contributed by atoms with Gasteiger partial charge < -0.3 is 10.6 Å². The summed E-state index contributed by atoms with van der Waals surface area (Å²) in [5.74, 6) is 1.49. The van der Waals surface area contributed by atoms with Crippen LogP contribution in [0.4, 0.5) is 11.6 Å². The zero-order chi connectivity index (χ0) is 9.14. The summed E-state index contributed by atoms with van der Waals surface area (Å²) in [6, 6.07) is 6.10. The second kappa shape index (κ2) is 3.43. The first-order valence-electron chi connectivity index (χ1n) is 4.06. The van der Waals surface area contributed by atoms with Crippen LogP contribution in [0, 0.1) is 0 Å². The van der Waals surface area contributed by atoms with Crippen LogP contribution in [0.2, 0.25) is 0 Å². The highest BCUT2D eigenvalue weighted by molar-refractivity contribution is 5.44. The Bertz CT molecular complexity index is 258.